The molecule has 8 nitrogen and oxygen atoms in total. The van der Waals surface area contributed by atoms with Crippen LogP contribution in [0.3, 0.4) is 0 Å². The third-order valence-electron chi connectivity index (χ3n) is 4.73. The fourth-order valence-corrected chi connectivity index (χ4v) is 4.71. The van der Waals surface area contributed by atoms with E-state index in [0.717, 1.165) is 22.7 Å². The molecular formula is C21H20ClN5O3S. The lowest BCUT2D eigenvalue weighted by atomic mass is 10.1. The number of rotatable bonds is 5. The molecule has 3 amide bonds. The minimum Gasteiger partial charge on any atom is -0.407 e. The van der Waals surface area contributed by atoms with Gasteiger partial charge in [-0.15, -0.1) is 11.3 Å². The van der Waals surface area contributed by atoms with Crippen LogP contribution >= 0.6 is 22.9 Å². The average molecular weight is 458 g/mol. The van der Waals surface area contributed by atoms with Crippen LogP contribution in [0.4, 0.5) is 20.3 Å². The minimum atomic E-state index is -0.919. The highest BCUT2D eigenvalue weighted by Crippen LogP contribution is 2.43. The van der Waals surface area contributed by atoms with Gasteiger partial charge >= 0.3 is 12.1 Å². The number of amides is 3. The lowest BCUT2D eigenvalue weighted by molar-refractivity contribution is 0.209. The second-order valence-electron chi connectivity index (χ2n) is 6.95. The molecule has 4 rings (SSSR count). The molecule has 0 fully saturated rings. The molecular weight excluding hydrogens is 438 g/mol. The molecule has 0 radical (unpaired) electrons. The molecule has 160 valence electrons. The number of aromatic nitrogens is 1. The first-order chi connectivity index (χ1) is 15.0. The largest absolute Gasteiger partial charge is 0.410 e. The second-order valence-corrected chi connectivity index (χ2v) is 8.49. The van der Waals surface area contributed by atoms with E-state index >= 15 is 0 Å². The van der Waals surface area contributed by atoms with Gasteiger partial charge in [0.05, 0.1) is 5.69 Å². The molecule has 4 N–H and O–H groups in total. The van der Waals surface area contributed by atoms with E-state index in [0.29, 0.717) is 41.0 Å². The Morgan fingerprint density at radius 3 is 2.71 bits per heavy atom. The molecule has 1 aliphatic rings. The number of benzene rings is 1. The normalized spacial score (nSPS) is 13.3. The van der Waals surface area contributed by atoms with Gasteiger partial charge in [-0.2, -0.15) is 0 Å². The summed E-state index contributed by atoms with van der Waals surface area (Å²) in [5.74, 6) is 0.316. The number of carbonyl (C=O) groups excluding carboxylic acids is 2. The SMILES string of the molecule is NC(=O)Oc1c(NC(=O)Nc2ccc(Cl)cc2)sc2c1CCN(Cc1ccccn1)C2. The van der Waals surface area contributed by atoms with Crippen molar-refractivity contribution in [2.75, 3.05) is 17.2 Å². The molecule has 0 saturated heterocycles. The number of carbonyl (C=O) groups is 2. The maximum Gasteiger partial charge on any atom is 0.410 e. The monoisotopic (exact) mass is 457 g/mol. The quantitative estimate of drug-likeness (QED) is 0.524. The predicted molar refractivity (Wildman–Crippen MR) is 121 cm³/mol. The third kappa shape index (κ3) is 5.32. The van der Waals surface area contributed by atoms with E-state index in [1.807, 2.05) is 18.2 Å². The third-order valence-corrected chi connectivity index (χ3v) is 6.10. The van der Waals surface area contributed by atoms with Crippen molar-refractivity contribution in [3.05, 3.63) is 69.8 Å². The topological polar surface area (TPSA) is 110 Å². The highest BCUT2D eigenvalue weighted by atomic mass is 35.5. The zero-order chi connectivity index (χ0) is 21.8. The number of nitrogens with one attached hydrogen (secondary N) is 2. The Morgan fingerprint density at radius 1 is 1.19 bits per heavy atom. The minimum absolute atomic E-state index is 0.316. The van der Waals surface area contributed by atoms with Gasteiger partial charge in [-0.05, 0) is 42.8 Å². The van der Waals surface area contributed by atoms with Crippen molar-refractivity contribution < 1.29 is 14.3 Å². The van der Waals surface area contributed by atoms with Crippen LogP contribution in [0, 0.1) is 0 Å². The molecule has 10 heteroatoms. The number of hydrogen-bond donors (Lipinski definition) is 3. The molecule has 0 spiro atoms. The Hall–Kier alpha value is -3.14. The fourth-order valence-electron chi connectivity index (χ4n) is 3.37. The Labute approximate surface area is 188 Å². The number of thiophene rings is 1. The molecule has 31 heavy (non-hydrogen) atoms. The lowest BCUT2D eigenvalue weighted by Crippen LogP contribution is -2.30. The van der Waals surface area contributed by atoms with Crippen molar-refractivity contribution in [2.45, 2.75) is 19.5 Å². The van der Waals surface area contributed by atoms with Gasteiger partial charge in [-0.1, -0.05) is 17.7 Å². The lowest BCUT2D eigenvalue weighted by Gasteiger charge is -2.26. The van der Waals surface area contributed by atoms with Crippen molar-refractivity contribution in [1.82, 2.24) is 9.88 Å². The number of fused-ring (bicyclic) bond motifs is 1. The Balaban J connectivity index is 1.50. The number of anilines is 2. The van der Waals surface area contributed by atoms with Crippen LogP contribution in [0.1, 0.15) is 16.1 Å². The van der Waals surface area contributed by atoms with E-state index in [1.165, 1.54) is 11.3 Å². The van der Waals surface area contributed by atoms with Crippen molar-refractivity contribution in [3.63, 3.8) is 0 Å². The molecule has 3 aromatic rings. The van der Waals surface area contributed by atoms with Crippen molar-refractivity contribution >= 4 is 45.8 Å². The zero-order valence-corrected chi connectivity index (χ0v) is 18.0. The van der Waals surface area contributed by atoms with E-state index in [2.05, 4.69) is 20.5 Å². The van der Waals surface area contributed by atoms with Crippen LogP contribution in [0.25, 0.3) is 0 Å². The predicted octanol–water partition coefficient (Wildman–Crippen LogP) is 4.46. The van der Waals surface area contributed by atoms with Gasteiger partial charge in [-0.3, -0.25) is 15.2 Å². The van der Waals surface area contributed by atoms with Crippen LogP contribution in [0.15, 0.2) is 48.7 Å². The van der Waals surface area contributed by atoms with Crippen molar-refractivity contribution in [3.8, 4) is 5.75 Å². The number of pyridine rings is 1. The van der Waals surface area contributed by atoms with Gasteiger partial charge in [-0.25, -0.2) is 9.59 Å². The van der Waals surface area contributed by atoms with Crippen LogP contribution in [0.5, 0.6) is 5.75 Å². The summed E-state index contributed by atoms with van der Waals surface area (Å²) in [6, 6.07) is 12.1. The maximum atomic E-state index is 12.5. The van der Waals surface area contributed by atoms with Crippen LogP contribution in [-0.2, 0) is 19.5 Å². The molecule has 0 aliphatic carbocycles. The summed E-state index contributed by atoms with van der Waals surface area (Å²) < 4.78 is 5.26. The van der Waals surface area contributed by atoms with Crippen LogP contribution in [-0.4, -0.2) is 28.6 Å². The van der Waals surface area contributed by atoms with E-state index < -0.39 is 12.1 Å². The van der Waals surface area contributed by atoms with Gasteiger partial charge in [0.1, 0.15) is 5.00 Å². The van der Waals surface area contributed by atoms with Crippen molar-refractivity contribution in [1.29, 1.82) is 0 Å². The van der Waals surface area contributed by atoms with Crippen LogP contribution < -0.4 is 21.1 Å². The molecule has 2 aromatic heterocycles. The van der Waals surface area contributed by atoms with Gasteiger partial charge in [0.25, 0.3) is 0 Å². The van der Waals surface area contributed by atoms with Crippen LogP contribution in [0.2, 0.25) is 5.02 Å². The number of halogens is 1. The summed E-state index contributed by atoms with van der Waals surface area (Å²) in [5.41, 5.74) is 7.73. The maximum absolute atomic E-state index is 12.5. The fraction of sp³-hybridized carbons (Fsp3) is 0.190. The highest BCUT2D eigenvalue weighted by molar-refractivity contribution is 7.17. The Kier molecular flexibility index (Phi) is 6.36. The number of hydrogen-bond acceptors (Lipinski definition) is 6. The number of primary amides is 1. The van der Waals surface area contributed by atoms with E-state index in [4.69, 9.17) is 22.1 Å². The first-order valence-electron chi connectivity index (χ1n) is 9.55. The Bertz CT molecular complexity index is 1090. The summed E-state index contributed by atoms with van der Waals surface area (Å²) >= 11 is 7.24. The summed E-state index contributed by atoms with van der Waals surface area (Å²) in [7, 11) is 0. The smallest absolute Gasteiger partial charge is 0.407 e. The van der Waals surface area contributed by atoms with Crippen molar-refractivity contribution in [2.24, 2.45) is 5.73 Å². The summed E-state index contributed by atoms with van der Waals surface area (Å²) in [5, 5.41) is 6.51. The summed E-state index contributed by atoms with van der Waals surface area (Å²) in [6.07, 6.45) is 1.52. The second kappa shape index (κ2) is 9.34. The Morgan fingerprint density at radius 2 is 2.00 bits per heavy atom. The number of urea groups is 1. The molecule has 3 heterocycles. The van der Waals surface area contributed by atoms with E-state index in [9.17, 15) is 9.59 Å². The number of ether oxygens (including phenoxy) is 1. The average Bonchev–Trinajstić information content (AvgIpc) is 3.06. The molecule has 0 bridgehead atoms. The van der Waals surface area contributed by atoms with Gasteiger partial charge < -0.3 is 15.8 Å². The van der Waals surface area contributed by atoms with Gasteiger partial charge in [0.2, 0.25) is 0 Å². The molecule has 0 saturated carbocycles. The first-order valence-corrected chi connectivity index (χ1v) is 10.7. The summed E-state index contributed by atoms with van der Waals surface area (Å²) in [6.45, 7) is 2.14. The van der Waals surface area contributed by atoms with E-state index in [-0.39, 0.29) is 0 Å². The van der Waals surface area contributed by atoms with Gasteiger partial charge in [0, 0.05) is 47.0 Å². The molecule has 0 unspecified atom stereocenters. The molecule has 0 atom stereocenters. The highest BCUT2D eigenvalue weighted by Gasteiger charge is 2.27. The standard InChI is InChI=1S/C21H20ClN5O3S/c22-13-4-6-14(7-5-13)25-21(29)26-19-18(30-20(23)28)16-8-10-27(12-17(16)31-19)11-15-3-1-2-9-24-15/h1-7,9H,8,10-12H2,(H2,23,28)(H2,25,26,29). The number of nitrogens with zero attached hydrogens (tertiary/aromatic N) is 2. The van der Waals surface area contributed by atoms with Gasteiger partial charge in [0.15, 0.2) is 5.75 Å². The molecule has 1 aliphatic heterocycles. The summed E-state index contributed by atoms with van der Waals surface area (Å²) in [4.78, 5) is 31.6. The zero-order valence-electron chi connectivity index (χ0n) is 16.4. The number of nitrogens with two attached hydrogens (primary N) is 1. The molecule has 1 aromatic carbocycles. The first kappa shape index (κ1) is 21.1. The van der Waals surface area contributed by atoms with E-state index in [1.54, 1.807) is 30.5 Å².